The van der Waals surface area contributed by atoms with Crippen LogP contribution in [0.15, 0.2) is 41.5 Å². The second kappa shape index (κ2) is 11.2. The Morgan fingerprint density at radius 3 is 2.61 bits per heavy atom. The second-order valence-electron chi connectivity index (χ2n) is 13.1. The van der Waals surface area contributed by atoms with E-state index in [-0.39, 0.29) is 35.1 Å². The molecule has 13 heteroatoms. The number of hydrogen-bond acceptors (Lipinski definition) is 8. The van der Waals surface area contributed by atoms with Gasteiger partial charge in [0, 0.05) is 75.6 Å². The summed E-state index contributed by atoms with van der Waals surface area (Å²) in [6.07, 6.45) is 5.19. The van der Waals surface area contributed by atoms with Gasteiger partial charge < -0.3 is 29.2 Å². The van der Waals surface area contributed by atoms with Crippen LogP contribution >= 0.6 is 0 Å². The number of aryl methyl sites for hydroxylation is 2. The Morgan fingerprint density at radius 1 is 1.07 bits per heavy atom. The highest BCUT2D eigenvalue weighted by Crippen LogP contribution is 2.40. The molecule has 1 saturated heterocycles. The van der Waals surface area contributed by atoms with E-state index in [1.165, 1.54) is 20.5 Å². The van der Waals surface area contributed by atoms with Crippen molar-refractivity contribution in [3.63, 3.8) is 0 Å². The fraction of sp³-hybridized carbons (Fsp3) is 0.424. The Kier molecular flexibility index (Phi) is 7.32. The predicted molar refractivity (Wildman–Crippen MR) is 171 cm³/mol. The van der Waals surface area contributed by atoms with Gasteiger partial charge in [0.1, 0.15) is 22.9 Å². The molecular formula is C33H38N8O5. The molecule has 4 aromatic heterocycles. The Morgan fingerprint density at radius 2 is 1.85 bits per heavy atom. The molecule has 240 valence electrons. The maximum Gasteiger partial charge on any atom is 0.276 e. The molecule has 0 bridgehead atoms. The summed E-state index contributed by atoms with van der Waals surface area (Å²) >= 11 is 0. The van der Waals surface area contributed by atoms with Gasteiger partial charge in [-0.15, -0.1) is 0 Å². The van der Waals surface area contributed by atoms with Crippen LogP contribution < -0.4 is 15.8 Å². The van der Waals surface area contributed by atoms with Crippen molar-refractivity contribution in [2.24, 2.45) is 19.5 Å². The number of pyridine rings is 2. The lowest BCUT2D eigenvalue weighted by atomic mass is 9.90. The van der Waals surface area contributed by atoms with E-state index in [4.69, 9.17) is 4.74 Å². The van der Waals surface area contributed by atoms with Gasteiger partial charge in [-0.2, -0.15) is 5.10 Å². The minimum absolute atomic E-state index is 0.141. The van der Waals surface area contributed by atoms with E-state index in [0.717, 1.165) is 12.8 Å². The van der Waals surface area contributed by atoms with Crippen LogP contribution in [0.4, 0.5) is 17.3 Å². The van der Waals surface area contributed by atoms with E-state index < -0.39 is 0 Å². The normalized spacial score (nSPS) is 17.3. The highest BCUT2D eigenvalue weighted by molar-refractivity contribution is 6.06. The molecule has 2 N–H and O–H groups in total. The number of nitrogens with one attached hydrogen (secondary N) is 1. The summed E-state index contributed by atoms with van der Waals surface area (Å²) in [4.78, 5) is 48.1. The summed E-state index contributed by atoms with van der Waals surface area (Å²) < 4.78 is 10.5. The van der Waals surface area contributed by atoms with Crippen LogP contribution in [0.2, 0.25) is 0 Å². The first-order chi connectivity index (χ1) is 22.0. The number of rotatable bonds is 6. The Balaban J connectivity index is 1.19. The average Bonchev–Trinajstić information content (AvgIpc) is 3.68. The molecule has 0 saturated carbocycles. The number of anilines is 3. The number of amides is 2. The van der Waals surface area contributed by atoms with Gasteiger partial charge in [0.2, 0.25) is 0 Å². The van der Waals surface area contributed by atoms with Gasteiger partial charge >= 0.3 is 0 Å². The zero-order valence-electron chi connectivity index (χ0n) is 26.5. The molecule has 0 unspecified atom stereocenters. The summed E-state index contributed by atoms with van der Waals surface area (Å²) in [5.41, 5.74) is 5.44. The molecule has 13 nitrogen and oxygen atoms in total. The van der Waals surface area contributed by atoms with Gasteiger partial charge in [-0.05, 0) is 47.6 Å². The largest absolute Gasteiger partial charge is 0.392 e. The van der Waals surface area contributed by atoms with E-state index in [1.807, 2.05) is 6.07 Å². The molecule has 46 heavy (non-hydrogen) atoms. The third-order valence-corrected chi connectivity index (χ3v) is 9.23. The SMILES string of the molecule is Cn1nc(Nc2cc(-c3ccnc(N4CCn5c(cc6c5CC(C)(C)C6)C4=O)c3CO)cn(C)c2=O)cc1C(=O)N1CCOCC1. The molecular weight excluding hydrogens is 588 g/mol. The third-order valence-electron chi connectivity index (χ3n) is 9.23. The van der Waals surface area contributed by atoms with Gasteiger partial charge in [-0.3, -0.25) is 24.0 Å². The van der Waals surface area contributed by atoms with Gasteiger partial charge in [0.05, 0.1) is 19.8 Å². The van der Waals surface area contributed by atoms with Crippen molar-refractivity contribution < 1.29 is 19.4 Å². The molecule has 6 heterocycles. The fourth-order valence-electron chi connectivity index (χ4n) is 7.00. The molecule has 0 spiro atoms. The lowest BCUT2D eigenvalue weighted by Crippen LogP contribution is -2.41. The smallest absolute Gasteiger partial charge is 0.276 e. The summed E-state index contributed by atoms with van der Waals surface area (Å²) in [6.45, 7) is 7.22. The second-order valence-corrected chi connectivity index (χ2v) is 13.1. The van der Waals surface area contributed by atoms with Gasteiger partial charge in [0.15, 0.2) is 5.82 Å². The van der Waals surface area contributed by atoms with Gasteiger partial charge in [-0.25, -0.2) is 4.98 Å². The maximum atomic E-state index is 13.8. The number of aromatic nitrogens is 5. The first kappa shape index (κ1) is 29.9. The van der Waals surface area contributed by atoms with Crippen LogP contribution in [-0.4, -0.2) is 78.6 Å². The molecule has 1 fully saturated rings. The van der Waals surface area contributed by atoms with Crippen molar-refractivity contribution in [3.8, 4) is 11.1 Å². The van der Waals surface area contributed by atoms with Crippen LogP contribution in [0, 0.1) is 5.41 Å². The zero-order chi connectivity index (χ0) is 32.3. The number of carbonyl (C=O) groups is 2. The number of carbonyl (C=O) groups excluding carboxylic acids is 2. The van der Waals surface area contributed by atoms with Crippen molar-refractivity contribution in [2.45, 2.75) is 39.8 Å². The van der Waals surface area contributed by atoms with Crippen LogP contribution in [0.3, 0.4) is 0 Å². The summed E-state index contributed by atoms with van der Waals surface area (Å²) in [5, 5.41) is 18.2. The zero-order valence-corrected chi connectivity index (χ0v) is 26.5. The number of hydrogen-bond donors (Lipinski definition) is 2. The van der Waals surface area contributed by atoms with E-state index in [0.29, 0.717) is 79.1 Å². The van der Waals surface area contributed by atoms with Crippen LogP contribution in [0.25, 0.3) is 11.1 Å². The highest BCUT2D eigenvalue weighted by atomic mass is 16.5. The summed E-state index contributed by atoms with van der Waals surface area (Å²) in [6, 6.07) is 7.10. The number of fused-ring (bicyclic) bond motifs is 3. The molecule has 7 rings (SSSR count). The number of nitrogens with zero attached hydrogens (tertiary/aromatic N) is 7. The quantitative estimate of drug-likeness (QED) is 0.333. The summed E-state index contributed by atoms with van der Waals surface area (Å²) in [7, 11) is 3.33. The maximum absolute atomic E-state index is 13.8. The third kappa shape index (κ3) is 5.09. The Bertz CT molecular complexity index is 1930. The van der Waals surface area contributed by atoms with Crippen LogP contribution in [0.1, 0.15) is 51.6 Å². The van der Waals surface area contributed by atoms with Gasteiger partial charge in [0.25, 0.3) is 17.4 Å². The number of morpholine rings is 1. The Labute approximate surface area is 266 Å². The monoisotopic (exact) mass is 626 g/mol. The summed E-state index contributed by atoms with van der Waals surface area (Å²) in [5.74, 6) is 0.455. The molecule has 3 aliphatic rings. The van der Waals surface area contributed by atoms with Crippen molar-refractivity contribution in [3.05, 3.63) is 75.2 Å². The van der Waals surface area contributed by atoms with E-state index >= 15 is 0 Å². The molecule has 0 aromatic carbocycles. The lowest BCUT2D eigenvalue weighted by Gasteiger charge is -2.31. The first-order valence-corrected chi connectivity index (χ1v) is 15.6. The van der Waals surface area contributed by atoms with E-state index in [2.05, 4.69) is 33.8 Å². The number of aliphatic hydroxyl groups is 1. The molecule has 4 aromatic rings. The fourth-order valence-corrected chi connectivity index (χ4v) is 7.00. The minimum Gasteiger partial charge on any atom is -0.392 e. The molecule has 0 atom stereocenters. The minimum atomic E-state index is -0.354. The lowest BCUT2D eigenvalue weighted by molar-refractivity contribution is 0.0295. The van der Waals surface area contributed by atoms with Gasteiger partial charge in [-0.1, -0.05) is 13.8 Å². The number of ether oxygens (including phenoxy) is 1. The van der Waals surface area contributed by atoms with Crippen molar-refractivity contribution in [2.75, 3.05) is 43.1 Å². The van der Waals surface area contributed by atoms with E-state index in [9.17, 15) is 19.5 Å². The Hall–Kier alpha value is -4.75. The highest BCUT2D eigenvalue weighted by Gasteiger charge is 2.37. The van der Waals surface area contributed by atoms with E-state index in [1.54, 1.807) is 54.5 Å². The average molecular weight is 627 g/mol. The molecule has 2 amide bonds. The van der Waals surface area contributed by atoms with Crippen molar-refractivity contribution in [1.29, 1.82) is 0 Å². The molecule has 1 aliphatic carbocycles. The molecule has 2 aliphatic heterocycles. The first-order valence-electron chi connectivity index (χ1n) is 15.6. The topological polar surface area (TPSA) is 140 Å². The molecule has 0 radical (unpaired) electrons. The van der Waals surface area contributed by atoms with Crippen molar-refractivity contribution >= 4 is 29.1 Å². The predicted octanol–water partition coefficient (Wildman–Crippen LogP) is 2.48. The van der Waals surface area contributed by atoms with Crippen molar-refractivity contribution in [1.82, 2.24) is 28.8 Å². The van der Waals surface area contributed by atoms with Crippen LogP contribution in [0.5, 0.6) is 0 Å². The van der Waals surface area contributed by atoms with Crippen LogP contribution in [-0.2, 0) is 44.8 Å². The standard InChI is InChI=1S/C33H38N8O5/c1-33(2)16-20-14-26-32(45)41(8-7-40(26)27(20)17-33)29-23(19-42)22(5-6-34-29)21-13-24(30(43)37(3)18-21)35-28-15-25(38(4)36-28)31(44)39-9-11-46-12-10-39/h5-6,13-15,18,42H,7-12,16-17,19H2,1-4H3,(H,35,36). The number of aliphatic hydroxyl groups excluding tert-OH is 1.